The average Bonchev–Trinajstić information content (AvgIpc) is 2.70. The number of fused-ring (bicyclic) bond motifs is 1. The summed E-state index contributed by atoms with van der Waals surface area (Å²) in [6.07, 6.45) is 2.06. The molecule has 20 heavy (non-hydrogen) atoms. The number of benzene rings is 1. The Hall–Kier alpha value is -0.876. The molecule has 0 N–H and O–H groups in total. The largest absolute Gasteiger partial charge is 0.265 e. The Bertz CT molecular complexity index is 616. The summed E-state index contributed by atoms with van der Waals surface area (Å²) in [5.41, 5.74) is 2.62. The second-order valence-electron chi connectivity index (χ2n) is 8.14. The smallest absolute Gasteiger partial charge is 0.0729 e. The van der Waals surface area contributed by atoms with Crippen LogP contribution in [0.4, 0.5) is 0 Å². The average molecular weight is 305 g/mol. The summed E-state index contributed by atoms with van der Waals surface area (Å²) in [5, 5.41) is 6.15. The van der Waals surface area contributed by atoms with Crippen molar-refractivity contribution in [2.45, 2.75) is 57.9 Å². The van der Waals surface area contributed by atoms with Gasteiger partial charge in [-0.1, -0.05) is 51.4 Å². The Labute approximate surface area is 125 Å². The maximum absolute atomic E-state index is 4.85. The predicted octanol–water partition coefficient (Wildman–Crippen LogP) is 4.81. The second-order valence-corrected chi connectivity index (χ2v) is 19.6. The molecule has 0 atom stereocenters. The van der Waals surface area contributed by atoms with Crippen LogP contribution in [0.15, 0.2) is 24.4 Å². The van der Waals surface area contributed by atoms with E-state index in [-0.39, 0.29) is 4.79 Å². The normalized spacial score (nSPS) is 14.0. The van der Waals surface area contributed by atoms with Gasteiger partial charge in [-0.25, -0.2) is 0 Å². The fourth-order valence-corrected chi connectivity index (χ4v) is 13.9. The molecule has 2 rings (SSSR count). The van der Waals surface area contributed by atoms with Gasteiger partial charge in [-0.05, 0) is 25.5 Å². The van der Waals surface area contributed by atoms with Gasteiger partial charge in [0.25, 0.3) is 0 Å². The molecule has 0 radical (unpaired) electrons. The zero-order valence-electron chi connectivity index (χ0n) is 14.2. The van der Waals surface area contributed by atoms with Crippen LogP contribution in [0.5, 0.6) is 0 Å². The SMILES string of the molecule is Cc1cccc2c1cnn2C(C)([Si](C)(C)C)[Si](C)(C)C. The lowest BCUT2D eigenvalue weighted by Crippen LogP contribution is -2.65. The van der Waals surface area contributed by atoms with Gasteiger partial charge in [-0.3, -0.25) is 4.68 Å². The third kappa shape index (κ3) is 2.09. The van der Waals surface area contributed by atoms with E-state index in [1.165, 1.54) is 16.5 Å². The number of aryl methyl sites for hydroxylation is 1. The van der Waals surface area contributed by atoms with E-state index in [9.17, 15) is 0 Å². The molecular formula is C16H28N2Si2. The highest BCUT2D eigenvalue weighted by Crippen LogP contribution is 2.39. The highest BCUT2D eigenvalue weighted by molar-refractivity contribution is 6.97. The van der Waals surface area contributed by atoms with E-state index in [4.69, 9.17) is 5.10 Å². The summed E-state index contributed by atoms with van der Waals surface area (Å²) < 4.78 is 2.37. The van der Waals surface area contributed by atoms with Crippen molar-refractivity contribution in [1.29, 1.82) is 0 Å². The number of rotatable bonds is 3. The molecule has 0 fully saturated rings. The minimum Gasteiger partial charge on any atom is -0.265 e. The molecule has 0 saturated carbocycles. The number of nitrogens with zero attached hydrogens (tertiary/aromatic N) is 2. The van der Waals surface area contributed by atoms with E-state index < -0.39 is 16.1 Å². The summed E-state index contributed by atoms with van der Waals surface area (Å²) in [6, 6.07) is 6.56. The van der Waals surface area contributed by atoms with E-state index >= 15 is 0 Å². The maximum atomic E-state index is 4.85. The number of hydrogen-bond donors (Lipinski definition) is 0. The van der Waals surface area contributed by atoms with Crippen LogP contribution in [0.2, 0.25) is 39.3 Å². The first-order valence-electron chi connectivity index (χ1n) is 7.44. The van der Waals surface area contributed by atoms with Crippen molar-refractivity contribution in [3.63, 3.8) is 0 Å². The fraction of sp³-hybridized carbons (Fsp3) is 0.562. The molecule has 0 aliphatic carbocycles. The molecule has 1 heterocycles. The van der Waals surface area contributed by atoms with E-state index in [2.05, 4.69) is 82.2 Å². The minimum absolute atomic E-state index is 0.204. The molecule has 0 aliphatic heterocycles. The van der Waals surface area contributed by atoms with Crippen molar-refractivity contribution in [2.24, 2.45) is 0 Å². The molecule has 4 heteroatoms. The molecule has 2 nitrogen and oxygen atoms in total. The third-order valence-electron chi connectivity index (χ3n) is 5.18. The quantitative estimate of drug-likeness (QED) is 0.744. The van der Waals surface area contributed by atoms with Crippen LogP contribution in [0.25, 0.3) is 10.9 Å². The zero-order valence-corrected chi connectivity index (χ0v) is 16.2. The molecule has 0 unspecified atom stereocenters. The lowest BCUT2D eigenvalue weighted by molar-refractivity contribution is 0.544. The lowest BCUT2D eigenvalue weighted by atomic mass is 10.1. The second kappa shape index (κ2) is 4.56. The maximum Gasteiger partial charge on any atom is 0.0729 e. The Morgan fingerprint density at radius 3 is 2.05 bits per heavy atom. The first-order chi connectivity index (χ1) is 9.00. The van der Waals surface area contributed by atoms with Gasteiger partial charge in [0, 0.05) is 10.2 Å². The molecular weight excluding hydrogens is 276 g/mol. The molecule has 2 aromatic rings. The van der Waals surface area contributed by atoms with Gasteiger partial charge in [0.15, 0.2) is 0 Å². The molecule has 110 valence electrons. The van der Waals surface area contributed by atoms with Gasteiger partial charge in [-0.15, -0.1) is 0 Å². The third-order valence-corrected chi connectivity index (χ3v) is 15.9. The van der Waals surface area contributed by atoms with E-state index in [0.717, 1.165) is 0 Å². The van der Waals surface area contributed by atoms with Gasteiger partial charge >= 0.3 is 0 Å². The van der Waals surface area contributed by atoms with Crippen molar-refractivity contribution in [2.75, 3.05) is 0 Å². The molecule has 0 spiro atoms. The van der Waals surface area contributed by atoms with Crippen LogP contribution in [-0.4, -0.2) is 25.9 Å². The summed E-state index contributed by atoms with van der Waals surface area (Å²) in [5.74, 6) is 0. The van der Waals surface area contributed by atoms with Crippen molar-refractivity contribution >= 4 is 27.1 Å². The van der Waals surface area contributed by atoms with Gasteiger partial charge in [0.1, 0.15) is 0 Å². The zero-order chi connectivity index (χ0) is 15.3. The van der Waals surface area contributed by atoms with Crippen molar-refractivity contribution < 1.29 is 0 Å². The van der Waals surface area contributed by atoms with Gasteiger partial charge in [0.05, 0.1) is 27.9 Å². The summed E-state index contributed by atoms with van der Waals surface area (Å²) in [6.45, 7) is 19.5. The van der Waals surface area contributed by atoms with Gasteiger partial charge < -0.3 is 0 Å². The highest BCUT2D eigenvalue weighted by atomic mass is 28.4. The Balaban J connectivity index is 2.81. The molecule has 0 saturated heterocycles. The standard InChI is InChI=1S/C16H28N2Si2/c1-13-10-9-11-15-14(13)12-17-18(15)16(2,19(3,4)5)20(6,7)8/h9-12H,1-8H3. The molecule has 0 amide bonds. The van der Waals surface area contributed by atoms with Crippen LogP contribution >= 0.6 is 0 Å². The van der Waals surface area contributed by atoms with E-state index in [1.54, 1.807) is 0 Å². The number of hydrogen-bond acceptors (Lipinski definition) is 1. The summed E-state index contributed by atoms with van der Waals surface area (Å²) in [4.78, 5) is 0.204. The molecule has 0 bridgehead atoms. The minimum atomic E-state index is -1.42. The van der Waals surface area contributed by atoms with E-state index in [1.807, 2.05) is 0 Å². The first-order valence-corrected chi connectivity index (χ1v) is 14.4. The predicted molar refractivity (Wildman–Crippen MR) is 94.8 cm³/mol. The molecule has 1 aromatic carbocycles. The van der Waals surface area contributed by atoms with Crippen LogP contribution in [0.1, 0.15) is 12.5 Å². The Kier molecular flexibility index (Phi) is 3.54. The van der Waals surface area contributed by atoms with E-state index in [0.29, 0.717) is 0 Å². The molecule has 1 aromatic heterocycles. The van der Waals surface area contributed by atoms with Crippen molar-refractivity contribution in [1.82, 2.24) is 9.78 Å². The van der Waals surface area contributed by atoms with Gasteiger partial charge in [0.2, 0.25) is 0 Å². The fourth-order valence-electron chi connectivity index (χ4n) is 3.31. The highest BCUT2D eigenvalue weighted by Gasteiger charge is 2.51. The lowest BCUT2D eigenvalue weighted by Gasteiger charge is -2.49. The van der Waals surface area contributed by atoms with Crippen molar-refractivity contribution in [3.8, 4) is 0 Å². The Morgan fingerprint density at radius 2 is 1.55 bits per heavy atom. The van der Waals surface area contributed by atoms with Crippen LogP contribution in [0.3, 0.4) is 0 Å². The summed E-state index contributed by atoms with van der Waals surface area (Å²) in [7, 11) is -2.85. The monoisotopic (exact) mass is 304 g/mol. The van der Waals surface area contributed by atoms with Crippen LogP contribution in [0, 0.1) is 6.92 Å². The van der Waals surface area contributed by atoms with Gasteiger partial charge in [-0.2, -0.15) is 5.10 Å². The van der Waals surface area contributed by atoms with Crippen molar-refractivity contribution in [3.05, 3.63) is 30.0 Å². The topological polar surface area (TPSA) is 17.8 Å². The molecule has 0 aliphatic rings. The van der Waals surface area contributed by atoms with Crippen LogP contribution in [-0.2, 0) is 4.79 Å². The van der Waals surface area contributed by atoms with Crippen LogP contribution < -0.4 is 0 Å². The summed E-state index contributed by atoms with van der Waals surface area (Å²) >= 11 is 0. The Morgan fingerprint density at radius 1 is 1.00 bits per heavy atom. The first kappa shape index (κ1) is 15.5. The number of aromatic nitrogens is 2.